The van der Waals surface area contributed by atoms with E-state index in [-0.39, 0.29) is 12.5 Å². The Kier molecular flexibility index (Phi) is 7.13. The summed E-state index contributed by atoms with van der Waals surface area (Å²) < 4.78 is 5.55. The summed E-state index contributed by atoms with van der Waals surface area (Å²) in [6.07, 6.45) is 2.18. The first-order valence-corrected chi connectivity index (χ1v) is 7.56. The number of carbonyl (C=O) groups excluding carboxylic acids is 1. The van der Waals surface area contributed by atoms with Crippen LogP contribution in [-0.4, -0.2) is 19.1 Å². The van der Waals surface area contributed by atoms with Gasteiger partial charge in [0.1, 0.15) is 5.75 Å². The van der Waals surface area contributed by atoms with Crippen molar-refractivity contribution in [3.05, 3.63) is 29.8 Å². The van der Waals surface area contributed by atoms with Crippen LogP contribution >= 0.6 is 0 Å². The number of hydrogen-bond donors (Lipinski definition) is 1. The molecular formula is C17H27NO2. The lowest BCUT2D eigenvalue weighted by atomic mass is 10.0. The van der Waals surface area contributed by atoms with Gasteiger partial charge in [0.25, 0.3) is 5.91 Å². The van der Waals surface area contributed by atoms with Crippen LogP contribution in [0.4, 0.5) is 0 Å². The van der Waals surface area contributed by atoms with Crippen LogP contribution in [0, 0.1) is 5.92 Å². The fraction of sp³-hybridized carbons (Fsp3) is 0.588. The highest BCUT2D eigenvalue weighted by molar-refractivity contribution is 5.77. The van der Waals surface area contributed by atoms with Gasteiger partial charge in [0.15, 0.2) is 6.61 Å². The molecule has 0 radical (unpaired) electrons. The maximum Gasteiger partial charge on any atom is 0.257 e. The number of rotatable bonds is 8. The van der Waals surface area contributed by atoms with E-state index >= 15 is 0 Å². The summed E-state index contributed by atoms with van der Waals surface area (Å²) in [5.41, 5.74) is 1.22. The van der Waals surface area contributed by atoms with E-state index in [0.717, 1.165) is 25.1 Å². The molecule has 0 aliphatic carbocycles. The van der Waals surface area contributed by atoms with Crippen molar-refractivity contribution in [2.45, 2.75) is 46.5 Å². The summed E-state index contributed by atoms with van der Waals surface area (Å²) in [6.45, 7) is 9.40. The molecule has 0 bridgehead atoms. The smallest absolute Gasteiger partial charge is 0.257 e. The zero-order valence-corrected chi connectivity index (χ0v) is 13.1. The summed E-state index contributed by atoms with van der Waals surface area (Å²) in [4.78, 5) is 11.7. The molecule has 3 heteroatoms. The third kappa shape index (κ3) is 5.64. The Bertz CT molecular complexity index is 411. The van der Waals surface area contributed by atoms with Gasteiger partial charge in [-0.3, -0.25) is 4.79 Å². The van der Waals surface area contributed by atoms with Crippen molar-refractivity contribution < 1.29 is 9.53 Å². The number of nitrogens with one attached hydrogen (secondary N) is 1. The van der Waals surface area contributed by atoms with Gasteiger partial charge in [0, 0.05) is 6.54 Å². The Balaban J connectivity index is 2.39. The van der Waals surface area contributed by atoms with Crippen LogP contribution in [0.2, 0.25) is 0 Å². The van der Waals surface area contributed by atoms with Crippen molar-refractivity contribution in [3.63, 3.8) is 0 Å². The first-order chi connectivity index (χ1) is 9.56. The number of amides is 1. The van der Waals surface area contributed by atoms with Crippen LogP contribution in [0.15, 0.2) is 24.3 Å². The van der Waals surface area contributed by atoms with Crippen LogP contribution in [0.1, 0.15) is 52.0 Å². The molecule has 0 aliphatic heterocycles. The van der Waals surface area contributed by atoms with E-state index in [2.05, 4.69) is 39.1 Å². The normalized spacial score (nSPS) is 10.9. The summed E-state index contributed by atoms with van der Waals surface area (Å²) >= 11 is 0. The van der Waals surface area contributed by atoms with E-state index in [1.54, 1.807) is 0 Å². The molecule has 0 unspecified atom stereocenters. The Morgan fingerprint density at radius 1 is 1.25 bits per heavy atom. The molecule has 20 heavy (non-hydrogen) atoms. The first kappa shape index (κ1) is 16.5. The van der Waals surface area contributed by atoms with Crippen LogP contribution in [0.25, 0.3) is 0 Å². The maximum atomic E-state index is 11.7. The minimum Gasteiger partial charge on any atom is -0.484 e. The van der Waals surface area contributed by atoms with Gasteiger partial charge in [-0.25, -0.2) is 0 Å². The topological polar surface area (TPSA) is 38.3 Å². The second-order valence-corrected chi connectivity index (χ2v) is 5.50. The van der Waals surface area contributed by atoms with Crippen molar-refractivity contribution in [2.24, 2.45) is 5.92 Å². The molecular weight excluding hydrogens is 250 g/mol. The molecule has 1 aromatic rings. The molecule has 112 valence electrons. The summed E-state index contributed by atoms with van der Waals surface area (Å²) in [5.74, 6) is 1.73. The molecule has 1 N–H and O–H groups in total. The summed E-state index contributed by atoms with van der Waals surface area (Å²) in [6, 6.07) is 7.93. The van der Waals surface area contributed by atoms with Crippen molar-refractivity contribution in [1.29, 1.82) is 0 Å². The lowest BCUT2D eigenvalue weighted by Gasteiger charge is -2.14. The number of hydrogen-bond acceptors (Lipinski definition) is 2. The number of ether oxygens (including phenoxy) is 1. The maximum absolute atomic E-state index is 11.7. The third-order valence-corrected chi connectivity index (χ3v) is 3.64. The highest BCUT2D eigenvalue weighted by atomic mass is 16.5. The summed E-state index contributed by atoms with van der Waals surface area (Å²) in [7, 11) is 0. The standard InChI is InChI=1S/C17H27NO2/c1-5-14(6-2)11-18-17(19)12-20-16-9-7-8-15(10-16)13(3)4/h7-10,13-14H,5-6,11-12H2,1-4H3,(H,18,19). The molecule has 3 nitrogen and oxygen atoms in total. The van der Waals surface area contributed by atoms with Crippen molar-refractivity contribution >= 4 is 5.91 Å². The monoisotopic (exact) mass is 277 g/mol. The van der Waals surface area contributed by atoms with Gasteiger partial charge in [0.05, 0.1) is 0 Å². The predicted octanol–water partition coefficient (Wildman–Crippen LogP) is 3.74. The largest absolute Gasteiger partial charge is 0.484 e. The highest BCUT2D eigenvalue weighted by Crippen LogP contribution is 2.19. The van der Waals surface area contributed by atoms with Gasteiger partial charge in [-0.05, 0) is 29.5 Å². The molecule has 0 atom stereocenters. The number of carbonyl (C=O) groups is 1. The van der Waals surface area contributed by atoms with E-state index in [1.807, 2.05) is 18.2 Å². The van der Waals surface area contributed by atoms with Crippen molar-refractivity contribution in [1.82, 2.24) is 5.32 Å². The van der Waals surface area contributed by atoms with E-state index in [4.69, 9.17) is 4.74 Å². The Hall–Kier alpha value is -1.51. The lowest BCUT2D eigenvalue weighted by Crippen LogP contribution is -2.32. The number of benzene rings is 1. The van der Waals surface area contributed by atoms with E-state index < -0.39 is 0 Å². The van der Waals surface area contributed by atoms with Crippen LogP contribution in [0.3, 0.4) is 0 Å². The zero-order valence-electron chi connectivity index (χ0n) is 13.1. The molecule has 0 aromatic heterocycles. The van der Waals surface area contributed by atoms with Gasteiger partial charge in [-0.1, -0.05) is 52.7 Å². The highest BCUT2D eigenvalue weighted by Gasteiger charge is 2.07. The first-order valence-electron chi connectivity index (χ1n) is 7.56. The summed E-state index contributed by atoms with van der Waals surface area (Å²) in [5, 5.41) is 2.93. The molecule has 0 heterocycles. The molecule has 0 saturated carbocycles. The van der Waals surface area contributed by atoms with Gasteiger partial charge < -0.3 is 10.1 Å². The lowest BCUT2D eigenvalue weighted by molar-refractivity contribution is -0.123. The predicted molar refractivity (Wildman–Crippen MR) is 83.1 cm³/mol. The molecule has 0 fully saturated rings. The van der Waals surface area contributed by atoms with Gasteiger partial charge >= 0.3 is 0 Å². The van der Waals surface area contributed by atoms with E-state index in [0.29, 0.717) is 11.8 Å². The molecule has 1 amide bonds. The van der Waals surface area contributed by atoms with E-state index in [9.17, 15) is 4.79 Å². The quantitative estimate of drug-likeness (QED) is 0.786. The van der Waals surface area contributed by atoms with Crippen molar-refractivity contribution in [2.75, 3.05) is 13.2 Å². The Morgan fingerprint density at radius 3 is 2.55 bits per heavy atom. The van der Waals surface area contributed by atoms with Crippen LogP contribution in [-0.2, 0) is 4.79 Å². The molecule has 1 rings (SSSR count). The molecule has 0 aliphatic rings. The van der Waals surface area contributed by atoms with Crippen LogP contribution in [0.5, 0.6) is 5.75 Å². The average Bonchev–Trinajstić information content (AvgIpc) is 2.46. The van der Waals surface area contributed by atoms with Crippen LogP contribution < -0.4 is 10.1 Å². The Morgan fingerprint density at radius 2 is 1.95 bits per heavy atom. The minimum absolute atomic E-state index is 0.0492. The molecule has 0 spiro atoms. The second-order valence-electron chi connectivity index (χ2n) is 5.50. The fourth-order valence-corrected chi connectivity index (χ4v) is 2.00. The van der Waals surface area contributed by atoms with Gasteiger partial charge in [0.2, 0.25) is 0 Å². The van der Waals surface area contributed by atoms with Crippen molar-refractivity contribution in [3.8, 4) is 5.75 Å². The SMILES string of the molecule is CCC(CC)CNC(=O)COc1cccc(C(C)C)c1. The molecule has 1 aromatic carbocycles. The van der Waals surface area contributed by atoms with E-state index in [1.165, 1.54) is 5.56 Å². The third-order valence-electron chi connectivity index (χ3n) is 3.64. The second kappa shape index (κ2) is 8.62. The minimum atomic E-state index is -0.0492. The zero-order chi connectivity index (χ0) is 15.0. The fourth-order valence-electron chi connectivity index (χ4n) is 2.00. The Labute approximate surface area is 122 Å². The average molecular weight is 277 g/mol. The van der Waals surface area contributed by atoms with Gasteiger partial charge in [-0.2, -0.15) is 0 Å². The molecule has 0 saturated heterocycles. The van der Waals surface area contributed by atoms with Gasteiger partial charge in [-0.15, -0.1) is 0 Å².